The molecule has 2 aliphatic heterocycles. The van der Waals surface area contributed by atoms with Crippen molar-refractivity contribution < 1.29 is 19.0 Å². The van der Waals surface area contributed by atoms with Gasteiger partial charge < -0.3 is 25.4 Å². The first-order valence-electron chi connectivity index (χ1n) is 9.84. The van der Waals surface area contributed by atoms with Crippen molar-refractivity contribution in [3.05, 3.63) is 52.1 Å². The molecular weight excluding hydrogens is 413 g/mol. The van der Waals surface area contributed by atoms with Crippen LogP contribution in [0, 0.1) is 5.82 Å². The number of hydrogen-bond acceptors (Lipinski definition) is 6. The van der Waals surface area contributed by atoms with E-state index in [1.54, 1.807) is 17.2 Å². The number of urea groups is 1. The zero-order valence-corrected chi connectivity index (χ0v) is 17.0. The molecule has 4 rings (SSSR count). The molecule has 2 aromatic rings. The highest BCUT2D eigenvalue weighted by Gasteiger charge is 2.25. The molecule has 30 heavy (non-hydrogen) atoms. The van der Waals surface area contributed by atoms with Crippen molar-refractivity contribution >= 4 is 23.6 Å². The van der Waals surface area contributed by atoms with Gasteiger partial charge in [-0.1, -0.05) is 17.7 Å². The number of benzene rings is 1. The predicted molar refractivity (Wildman–Crippen MR) is 109 cm³/mol. The van der Waals surface area contributed by atoms with Gasteiger partial charge >= 0.3 is 6.03 Å². The van der Waals surface area contributed by atoms with Gasteiger partial charge in [-0.15, -0.1) is 0 Å². The molecule has 0 radical (unpaired) electrons. The molecule has 1 aromatic carbocycles. The summed E-state index contributed by atoms with van der Waals surface area (Å²) in [5, 5.41) is 15.7. The van der Waals surface area contributed by atoms with E-state index in [1.807, 2.05) is 0 Å². The Bertz CT molecular complexity index is 925. The van der Waals surface area contributed by atoms with Gasteiger partial charge in [0.2, 0.25) is 5.95 Å². The molecule has 2 atom stereocenters. The first-order chi connectivity index (χ1) is 14.5. The number of aliphatic hydroxyl groups is 1. The number of carbonyl (C=O) groups is 1. The van der Waals surface area contributed by atoms with Crippen molar-refractivity contribution in [3.8, 4) is 0 Å². The number of anilines is 1. The largest absolute Gasteiger partial charge is 0.394 e. The van der Waals surface area contributed by atoms with Crippen LogP contribution < -0.4 is 10.6 Å². The maximum Gasteiger partial charge on any atom is 0.318 e. The third-order valence-corrected chi connectivity index (χ3v) is 5.63. The third kappa shape index (κ3) is 4.63. The van der Waals surface area contributed by atoms with Crippen molar-refractivity contribution in [1.29, 1.82) is 0 Å². The summed E-state index contributed by atoms with van der Waals surface area (Å²) in [5.41, 5.74) is 2.23. The van der Waals surface area contributed by atoms with Crippen LogP contribution in [-0.2, 0) is 17.7 Å². The minimum atomic E-state index is -0.740. The van der Waals surface area contributed by atoms with Crippen LogP contribution in [-0.4, -0.2) is 58.4 Å². The predicted octanol–water partition coefficient (Wildman–Crippen LogP) is 2.27. The molecular formula is C20H23ClFN5O3. The van der Waals surface area contributed by atoms with Crippen LogP contribution in [0.1, 0.15) is 29.3 Å². The number of nitrogens with zero attached hydrogens (tertiary/aromatic N) is 3. The fourth-order valence-electron chi connectivity index (χ4n) is 3.58. The van der Waals surface area contributed by atoms with Gasteiger partial charge in [-0.25, -0.2) is 19.2 Å². The Morgan fingerprint density at radius 3 is 3.07 bits per heavy atom. The van der Waals surface area contributed by atoms with Crippen molar-refractivity contribution in [2.75, 3.05) is 31.7 Å². The normalized spacial score (nSPS) is 19.3. The standard InChI is InChI=1S/C20H23ClFN5O3/c21-15-2-1-12(7-16(15)22)18(10-28)26-20(29)27-5-3-13-8-23-19(25-17(13)9-27)24-14-4-6-30-11-14/h1-2,7-8,14,18,28H,3-6,9-11H2,(H,26,29)(H,23,24,25). The third-order valence-electron chi connectivity index (χ3n) is 5.32. The van der Waals surface area contributed by atoms with E-state index in [0.717, 1.165) is 24.3 Å². The fraction of sp³-hybridized carbons (Fsp3) is 0.450. The van der Waals surface area contributed by atoms with Crippen LogP contribution in [0.25, 0.3) is 0 Å². The van der Waals surface area contributed by atoms with Crippen molar-refractivity contribution in [2.45, 2.75) is 31.5 Å². The van der Waals surface area contributed by atoms with Crippen LogP contribution >= 0.6 is 11.6 Å². The molecule has 1 aromatic heterocycles. The summed E-state index contributed by atoms with van der Waals surface area (Å²) in [6, 6.07) is 3.29. The lowest BCUT2D eigenvalue weighted by Gasteiger charge is -2.30. The van der Waals surface area contributed by atoms with E-state index in [-0.39, 0.29) is 23.7 Å². The number of halogens is 2. The average molecular weight is 436 g/mol. The Hall–Kier alpha value is -2.49. The number of nitrogens with one attached hydrogen (secondary N) is 2. The molecule has 0 spiro atoms. The van der Waals surface area contributed by atoms with Crippen molar-refractivity contribution in [3.63, 3.8) is 0 Å². The van der Waals surface area contributed by atoms with Gasteiger partial charge in [0.1, 0.15) is 5.82 Å². The van der Waals surface area contributed by atoms with E-state index in [4.69, 9.17) is 16.3 Å². The lowest BCUT2D eigenvalue weighted by Crippen LogP contribution is -2.45. The molecule has 3 heterocycles. The quantitative estimate of drug-likeness (QED) is 0.666. The molecule has 0 bridgehead atoms. The number of ether oxygens (including phenoxy) is 1. The van der Waals surface area contributed by atoms with Crippen LogP contribution in [0.3, 0.4) is 0 Å². The molecule has 10 heteroatoms. The second-order valence-electron chi connectivity index (χ2n) is 7.40. The maximum atomic E-state index is 13.8. The van der Waals surface area contributed by atoms with Gasteiger partial charge in [0.05, 0.1) is 42.6 Å². The van der Waals surface area contributed by atoms with E-state index in [9.17, 15) is 14.3 Å². The zero-order valence-electron chi connectivity index (χ0n) is 16.3. The van der Waals surface area contributed by atoms with Crippen LogP contribution in [0.15, 0.2) is 24.4 Å². The Balaban J connectivity index is 1.42. The SMILES string of the molecule is O=C(NC(CO)c1ccc(Cl)c(F)c1)N1CCc2cnc(NC3CCOC3)nc2C1. The van der Waals surface area contributed by atoms with E-state index in [2.05, 4.69) is 20.6 Å². The summed E-state index contributed by atoms with van der Waals surface area (Å²) in [4.78, 5) is 23.3. The number of hydrogen-bond donors (Lipinski definition) is 3. The monoisotopic (exact) mass is 435 g/mol. The van der Waals surface area contributed by atoms with Crippen LogP contribution in [0.2, 0.25) is 5.02 Å². The molecule has 160 valence electrons. The molecule has 2 amide bonds. The minimum Gasteiger partial charge on any atom is -0.394 e. The number of amides is 2. The molecule has 1 fully saturated rings. The Morgan fingerprint density at radius 2 is 2.33 bits per heavy atom. The summed E-state index contributed by atoms with van der Waals surface area (Å²) >= 11 is 5.71. The first-order valence-corrected chi connectivity index (χ1v) is 10.2. The minimum absolute atomic E-state index is 0.0114. The van der Waals surface area contributed by atoms with Crippen molar-refractivity contribution in [1.82, 2.24) is 20.2 Å². The second-order valence-corrected chi connectivity index (χ2v) is 7.81. The smallest absolute Gasteiger partial charge is 0.318 e. The average Bonchev–Trinajstić information content (AvgIpc) is 3.26. The Kier molecular flexibility index (Phi) is 6.31. The summed E-state index contributed by atoms with van der Waals surface area (Å²) in [6.07, 6.45) is 3.33. The van der Waals surface area contributed by atoms with Gasteiger partial charge in [-0.3, -0.25) is 0 Å². The summed E-state index contributed by atoms with van der Waals surface area (Å²) in [5.74, 6) is -0.0745. The molecule has 0 saturated carbocycles. The van der Waals surface area contributed by atoms with Gasteiger partial charge in [-0.05, 0) is 36.1 Å². The number of rotatable bonds is 5. The van der Waals surface area contributed by atoms with Gasteiger partial charge in [-0.2, -0.15) is 0 Å². The number of aromatic nitrogens is 2. The van der Waals surface area contributed by atoms with Crippen LogP contribution in [0.4, 0.5) is 15.1 Å². The lowest BCUT2D eigenvalue weighted by molar-refractivity contribution is 0.176. The molecule has 8 nitrogen and oxygen atoms in total. The number of aliphatic hydroxyl groups excluding tert-OH is 1. The maximum absolute atomic E-state index is 13.8. The highest BCUT2D eigenvalue weighted by Crippen LogP contribution is 2.22. The van der Waals surface area contributed by atoms with E-state index < -0.39 is 11.9 Å². The highest BCUT2D eigenvalue weighted by molar-refractivity contribution is 6.30. The van der Waals surface area contributed by atoms with Gasteiger partial charge in [0.25, 0.3) is 0 Å². The lowest BCUT2D eigenvalue weighted by atomic mass is 10.1. The van der Waals surface area contributed by atoms with Crippen LogP contribution in [0.5, 0.6) is 0 Å². The topological polar surface area (TPSA) is 99.6 Å². The Morgan fingerprint density at radius 1 is 1.47 bits per heavy atom. The fourth-order valence-corrected chi connectivity index (χ4v) is 3.70. The molecule has 0 aliphatic carbocycles. The molecule has 3 N–H and O–H groups in total. The van der Waals surface area contributed by atoms with E-state index in [0.29, 0.717) is 37.6 Å². The number of fused-ring (bicyclic) bond motifs is 1. The zero-order chi connectivity index (χ0) is 21.1. The van der Waals surface area contributed by atoms with E-state index >= 15 is 0 Å². The van der Waals surface area contributed by atoms with E-state index in [1.165, 1.54) is 12.1 Å². The molecule has 2 unspecified atom stereocenters. The molecule has 2 aliphatic rings. The van der Waals surface area contributed by atoms with Gasteiger partial charge in [0.15, 0.2) is 0 Å². The Labute approximate surface area is 178 Å². The molecule has 1 saturated heterocycles. The summed E-state index contributed by atoms with van der Waals surface area (Å²) < 4.78 is 19.1. The second kappa shape index (κ2) is 9.11. The van der Waals surface area contributed by atoms with Crippen molar-refractivity contribution in [2.24, 2.45) is 0 Å². The number of carbonyl (C=O) groups excluding carboxylic acids is 1. The first kappa shape index (κ1) is 20.8. The van der Waals surface area contributed by atoms with Gasteiger partial charge in [0, 0.05) is 19.3 Å². The summed E-state index contributed by atoms with van der Waals surface area (Å²) in [6.45, 7) is 1.81. The summed E-state index contributed by atoms with van der Waals surface area (Å²) in [7, 11) is 0. The highest BCUT2D eigenvalue weighted by atomic mass is 35.5.